The van der Waals surface area contributed by atoms with Crippen LogP contribution in [0.3, 0.4) is 0 Å². The van der Waals surface area contributed by atoms with Crippen LogP contribution < -0.4 is 0 Å². The van der Waals surface area contributed by atoms with Crippen molar-refractivity contribution in [2.24, 2.45) is 0 Å². The van der Waals surface area contributed by atoms with Crippen LogP contribution in [0.1, 0.15) is 26.2 Å². The maximum absolute atomic E-state index is 9.39. The van der Waals surface area contributed by atoms with Gasteiger partial charge in [-0.2, -0.15) is 0 Å². The third kappa shape index (κ3) is 2.43. The number of rotatable bonds is 2. The lowest BCUT2D eigenvalue weighted by Crippen LogP contribution is -2.40. The van der Waals surface area contributed by atoms with E-state index in [9.17, 15) is 5.11 Å². The molecule has 1 heterocycles. The normalized spacial score (nSPS) is 39.0. The molecule has 0 saturated carbocycles. The van der Waals surface area contributed by atoms with E-state index in [-0.39, 0.29) is 6.10 Å². The van der Waals surface area contributed by atoms with Gasteiger partial charge in [-0.3, -0.25) is 0 Å². The third-order valence-electron chi connectivity index (χ3n) is 2.02. The van der Waals surface area contributed by atoms with Gasteiger partial charge < -0.3 is 14.9 Å². The molecule has 1 aliphatic rings. The van der Waals surface area contributed by atoms with Crippen LogP contribution in [0, 0.1) is 0 Å². The summed E-state index contributed by atoms with van der Waals surface area (Å²) in [5.74, 6) is 0. The summed E-state index contributed by atoms with van der Waals surface area (Å²) in [4.78, 5) is 0. The predicted octanol–water partition coefficient (Wildman–Crippen LogP) is 0.297. The Bertz CT molecular complexity index is 116. The maximum atomic E-state index is 9.39. The van der Waals surface area contributed by atoms with Crippen LogP contribution in [0.25, 0.3) is 0 Å². The van der Waals surface area contributed by atoms with E-state index in [0.717, 1.165) is 12.8 Å². The predicted molar refractivity (Wildman–Crippen MR) is 41.3 cm³/mol. The Hall–Kier alpha value is -0.120. The second-order valence-electron chi connectivity index (χ2n) is 3.12. The van der Waals surface area contributed by atoms with Crippen molar-refractivity contribution in [3.05, 3.63) is 0 Å². The molecule has 0 aromatic carbocycles. The van der Waals surface area contributed by atoms with Crippen molar-refractivity contribution in [1.29, 1.82) is 0 Å². The highest BCUT2D eigenvalue weighted by Crippen LogP contribution is 2.17. The van der Waals surface area contributed by atoms with Crippen LogP contribution in [-0.2, 0) is 4.74 Å². The minimum absolute atomic E-state index is 0.0524. The van der Waals surface area contributed by atoms with E-state index in [1.54, 1.807) is 0 Å². The van der Waals surface area contributed by atoms with E-state index in [1.807, 2.05) is 0 Å². The summed E-state index contributed by atoms with van der Waals surface area (Å²) in [5, 5.41) is 18.5. The molecule has 0 aliphatic carbocycles. The highest BCUT2D eigenvalue weighted by atomic mass is 16.5. The maximum Gasteiger partial charge on any atom is 0.0836 e. The summed E-state index contributed by atoms with van der Waals surface area (Å²) in [7, 11) is 0. The lowest BCUT2D eigenvalue weighted by atomic mass is 10.0. The minimum atomic E-state index is -0.474. The summed E-state index contributed by atoms with van der Waals surface area (Å²) in [6.45, 7) is 2.43. The molecular formula is C8H16O3. The zero-order valence-corrected chi connectivity index (χ0v) is 6.86. The quantitative estimate of drug-likeness (QED) is 0.610. The molecule has 0 aromatic rings. The Morgan fingerprint density at radius 2 is 2.18 bits per heavy atom. The first-order valence-corrected chi connectivity index (χ1v) is 4.21. The zero-order valence-electron chi connectivity index (χ0n) is 6.86. The second kappa shape index (κ2) is 4.04. The van der Waals surface area contributed by atoms with Gasteiger partial charge in [0, 0.05) is 6.42 Å². The van der Waals surface area contributed by atoms with Gasteiger partial charge in [-0.25, -0.2) is 0 Å². The molecule has 0 spiro atoms. The number of hydrogen-bond donors (Lipinski definition) is 2. The van der Waals surface area contributed by atoms with Gasteiger partial charge >= 0.3 is 0 Å². The highest BCUT2D eigenvalue weighted by Gasteiger charge is 2.27. The van der Waals surface area contributed by atoms with Gasteiger partial charge in [0.2, 0.25) is 0 Å². The van der Waals surface area contributed by atoms with Gasteiger partial charge in [0.1, 0.15) is 0 Å². The average Bonchev–Trinajstić information content (AvgIpc) is 1.95. The van der Waals surface area contributed by atoms with E-state index >= 15 is 0 Å². The Labute approximate surface area is 67.0 Å². The number of aliphatic hydroxyl groups is 2. The number of ether oxygens (including phenoxy) is 1. The Morgan fingerprint density at radius 1 is 1.45 bits per heavy atom. The van der Waals surface area contributed by atoms with Crippen molar-refractivity contribution in [2.75, 3.05) is 6.61 Å². The molecule has 0 amide bonds. The topological polar surface area (TPSA) is 49.7 Å². The highest BCUT2D eigenvalue weighted by molar-refractivity contribution is 4.77. The van der Waals surface area contributed by atoms with Crippen molar-refractivity contribution in [1.82, 2.24) is 0 Å². The third-order valence-corrected chi connectivity index (χ3v) is 2.02. The van der Waals surface area contributed by atoms with Crippen LogP contribution in [0.2, 0.25) is 0 Å². The molecule has 1 aliphatic heterocycles. The molecule has 0 aromatic heterocycles. The molecule has 11 heavy (non-hydrogen) atoms. The molecule has 3 heteroatoms. The molecule has 1 unspecified atom stereocenters. The van der Waals surface area contributed by atoms with Crippen molar-refractivity contribution in [3.8, 4) is 0 Å². The summed E-state index contributed by atoms with van der Waals surface area (Å²) in [6, 6.07) is 0. The summed E-state index contributed by atoms with van der Waals surface area (Å²) in [6.07, 6.45) is 1.36. The molecule has 1 fully saturated rings. The summed E-state index contributed by atoms with van der Waals surface area (Å²) < 4.78 is 5.24. The Morgan fingerprint density at radius 3 is 2.73 bits per heavy atom. The van der Waals surface area contributed by atoms with Gasteiger partial charge in [0.05, 0.1) is 24.9 Å². The largest absolute Gasteiger partial charge is 0.391 e. The van der Waals surface area contributed by atoms with Crippen LogP contribution in [0.4, 0.5) is 0 Å². The molecule has 2 N–H and O–H groups in total. The summed E-state index contributed by atoms with van der Waals surface area (Å²) in [5.41, 5.74) is 0. The fourth-order valence-electron chi connectivity index (χ4n) is 1.40. The Kier molecular flexibility index (Phi) is 3.30. The van der Waals surface area contributed by atoms with E-state index in [0.29, 0.717) is 13.0 Å². The van der Waals surface area contributed by atoms with Gasteiger partial charge in [0.25, 0.3) is 0 Å². The van der Waals surface area contributed by atoms with Gasteiger partial charge in [-0.05, 0) is 6.42 Å². The van der Waals surface area contributed by atoms with Crippen molar-refractivity contribution in [3.63, 3.8) is 0 Å². The van der Waals surface area contributed by atoms with Crippen molar-refractivity contribution >= 4 is 0 Å². The minimum Gasteiger partial charge on any atom is -0.391 e. The molecule has 0 bridgehead atoms. The first-order chi connectivity index (χ1) is 5.24. The fraction of sp³-hybridized carbons (Fsp3) is 1.00. The monoisotopic (exact) mass is 160 g/mol. The Balaban J connectivity index is 2.31. The first-order valence-electron chi connectivity index (χ1n) is 4.21. The standard InChI is InChI=1S/C8H16O3/c1-2-3-8-7(10)4-6(9)5-11-8/h6-10H,2-5H2,1H3/t6-,7-,8?/m0/s1. The molecular weight excluding hydrogens is 144 g/mol. The fourth-order valence-corrected chi connectivity index (χ4v) is 1.40. The lowest BCUT2D eigenvalue weighted by Gasteiger charge is -2.30. The second-order valence-corrected chi connectivity index (χ2v) is 3.12. The molecule has 3 atom stereocenters. The van der Waals surface area contributed by atoms with Crippen LogP contribution in [0.15, 0.2) is 0 Å². The van der Waals surface area contributed by atoms with E-state index in [1.165, 1.54) is 0 Å². The van der Waals surface area contributed by atoms with Gasteiger partial charge in [0.15, 0.2) is 0 Å². The SMILES string of the molecule is CCCC1OC[C@@H](O)C[C@@H]1O. The van der Waals surface area contributed by atoms with Crippen molar-refractivity contribution in [2.45, 2.75) is 44.5 Å². The molecule has 0 radical (unpaired) electrons. The molecule has 1 rings (SSSR count). The zero-order chi connectivity index (χ0) is 8.27. The van der Waals surface area contributed by atoms with E-state index in [4.69, 9.17) is 9.84 Å². The lowest BCUT2D eigenvalue weighted by molar-refractivity contribution is -0.125. The van der Waals surface area contributed by atoms with Crippen LogP contribution in [0.5, 0.6) is 0 Å². The van der Waals surface area contributed by atoms with Crippen molar-refractivity contribution < 1.29 is 14.9 Å². The first kappa shape index (κ1) is 8.97. The van der Waals surface area contributed by atoms with Gasteiger partial charge in [-0.15, -0.1) is 0 Å². The van der Waals surface area contributed by atoms with Crippen LogP contribution >= 0.6 is 0 Å². The average molecular weight is 160 g/mol. The number of hydrogen-bond acceptors (Lipinski definition) is 3. The van der Waals surface area contributed by atoms with E-state index < -0.39 is 12.2 Å². The molecule has 3 nitrogen and oxygen atoms in total. The van der Waals surface area contributed by atoms with Crippen LogP contribution in [-0.4, -0.2) is 35.1 Å². The smallest absolute Gasteiger partial charge is 0.0836 e. The summed E-state index contributed by atoms with van der Waals surface area (Å²) >= 11 is 0. The molecule has 1 saturated heterocycles. The number of aliphatic hydroxyl groups excluding tert-OH is 2. The van der Waals surface area contributed by atoms with E-state index in [2.05, 4.69) is 6.92 Å². The van der Waals surface area contributed by atoms with Gasteiger partial charge in [-0.1, -0.05) is 13.3 Å². The molecule has 66 valence electrons.